The molecule has 2 aromatic carbocycles. The minimum absolute atomic E-state index is 0.377. The lowest BCUT2D eigenvalue weighted by Crippen LogP contribution is -2.21. The number of aromatic nitrogens is 2. The quantitative estimate of drug-likeness (QED) is 0.490. The topological polar surface area (TPSA) is 81.2 Å². The van der Waals surface area contributed by atoms with E-state index in [0.717, 1.165) is 28.4 Å². The highest BCUT2D eigenvalue weighted by Crippen LogP contribution is 2.29. The Kier molecular flexibility index (Phi) is 5.14. The van der Waals surface area contributed by atoms with Gasteiger partial charge in [0.1, 0.15) is 15.9 Å². The molecule has 1 amide bonds. The molecule has 0 atom stereocenters. The number of thiophene rings is 1. The fraction of sp³-hybridized carbons (Fsp3) is 0.100. The van der Waals surface area contributed by atoms with Gasteiger partial charge in [-0.3, -0.25) is 4.79 Å². The first-order chi connectivity index (χ1) is 13.6. The molecule has 0 unspecified atom stereocenters. The summed E-state index contributed by atoms with van der Waals surface area (Å²) in [6, 6.07) is 15.1. The van der Waals surface area contributed by atoms with E-state index in [1.54, 1.807) is 12.1 Å². The number of rotatable bonds is 5. The first-order valence-electron chi connectivity index (χ1n) is 8.44. The van der Waals surface area contributed by atoms with Gasteiger partial charge in [0.05, 0.1) is 17.4 Å². The number of hydrogen-bond donors (Lipinski definition) is 1. The summed E-state index contributed by atoms with van der Waals surface area (Å²) in [5.41, 5.74) is 4.75. The minimum atomic E-state index is -0.519. The number of amides is 1. The van der Waals surface area contributed by atoms with Crippen LogP contribution in [0.15, 0.2) is 53.9 Å². The van der Waals surface area contributed by atoms with Crippen molar-refractivity contribution in [3.63, 3.8) is 0 Å². The van der Waals surface area contributed by atoms with Crippen molar-refractivity contribution in [2.75, 3.05) is 11.9 Å². The zero-order valence-corrected chi connectivity index (χ0v) is 16.5. The monoisotopic (exact) mass is 409 g/mol. The molecule has 0 aliphatic heterocycles. The molecule has 1 N–H and O–H groups in total. The van der Waals surface area contributed by atoms with Gasteiger partial charge < -0.3 is 10.1 Å². The van der Waals surface area contributed by atoms with Crippen LogP contribution >= 0.6 is 23.1 Å². The van der Waals surface area contributed by atoms with Crippen LogP contribution < -0.4 is 5.32 Å². The number of anilines is 1. The average Bonchev–Trinajstić information content (AvgIpc) is 3.36. The van der Waals surface area contributed by atoms with Crippen molar-refractivity contribution >= 4 is 51.7 Å². The van der Waals surface area contributed by atoms with Crippen molar-refractivity contribution in [3.05, 3.63) is 64.4 Å². The molecule has 4 rings (SSSR count). The van der Waals surface area contributed by atoms with Crippen LogP contribution in [-0.4, -0.2) is 27.2 Å². The van der Waals surface area contributed by atoms with Crippen LogP contribution in [0.25, 0.3) is 22.2 Å². The van der Waals surface area contributed by atoms with Crippen LogP contribution in [0, 0.1) is 6.92 Å². The standard InChI is InChI=1S/C20H15N3O3S2/c1-12-5-7-13(8-6-12)14-9-10-27-19(14)20(25)26-11-17(24)21-15-3-2-4-16-18(15)23-28-22-16/h2-10H,11H2,1H3,(H,21,24). The van der Waals surface area contributed by atoms with Crippen molar-refractivity contribution < 1.29 is 14.3 Å². The molecule has 0 aliphatic rings. The van der Waals surface area contributed by atoms with E-state index in [2.05, 4.69) is 14.1 Å². The second-order valence-electron chi connectivity index (χ2n) is 6.09. The van der Waals surface area contributed by atoms with E-state index in [-0.39, 0.29) is 6.61 Å². The number of carbonyl (C=O) groups is 2. The number of aryl methyl sites for hydroxylation is 1. The van der Waals surface area contributed by atoms with Crippen molar-refractivity contribution in [2.45, 2.75) is 6.92 Å². The number of hydrogen-bond acceptors (Lipinski definition) is 7. The second-order valence-corrected chi connectivity index (χ2v) is 7.54. The fourth-order valence-electron chi connectivity index (χ4n) is 2.72. The predicted octanol–water partition coefficient (Wildman–Crippen LogP) is 4.52. The predicted molar refractivity (Wildman–Crippen MR) is 111 cm³/mol. The van der Waals surface area contributed by atoms with Gasteiger partial charge in [-0.25, -0.2) is 4.79 Å². The molecule has 6 nitrogen and oxygen atoms in total. The van der Waals surface area contributed by atoms with E-state index in [1.807, 2.05) is 48.7 Å². The fourth-order valence-corrected chi connectivity index (χ4v) is 4.08. The molecular weight excluding hydrogens is 394 g/mol. The minimum Gasteiger partial charge on any atom is -0.451 e. The normalized spacial score (nSPS) is 10.8. The van der Waals surface area contributed by atoms with Gasteiger partial charge in [-0.1, -0.05) is 35.9 Å². The molecule has 0 fully saturated rings. The summed E-state index contributed by atoms with van der Waals surface area (Å²) < 4.78 is 13.5. The summed E-state index contributed by atoms with van der Waals surface area (Å²) in [6.07, 6.45) is 0. The summed E-state index contributed by atoms with van der Waals surface area (Å²) in [4.78, 5) is 25.2. The lowest BCUT2D eigenvalue weighted by molar-refractivity contribution is -0.119. The number of nitrogens with one attached hydrogen (secondary N) is 1. The zero-order valence-electron chi connectivity index (χ0n) is 14.8. The van der Waals surface area contributed by atoms with E-state index in [4.69, 9.17) is 4.74 Å². The molecule has 4 aromatic rings. The summed E-state index contributed by atoms with van der Waals surface area (Å²) in [6.45, 7) is 1.63. The van der Waals surface area contributed by atoms with Crippen LogP contribution in [-0.2, 0) is 9.53 Å². The molecule has 0 saturated heterocycles. The first kappa shape index (κ1) is 18.3. The van der Waals surface area contributed by atoms with Crippen molar-refractivity contribution in [3.8, 4) is 11.1 Å². The Morgan fingerprint density at radius 3 is 2.71 bits per heavy atom. The number of benzene rings is 2. The lowest BCUT2D eigenvalue weighted by atomic mass is 10.1. The molecule has 0 bridgehead atoms. The Bertz CT molecular complexity index is 1150. The highest BCUT2D eigenvalue weighted by molar-refractivity contribution is 7.12. The Morgan fingerprint density at radius 2 is 1.89 bits per heavy atom. The summed E-state index contributed by atoms with van der Waals surface area (Å²) in [7, 11) is 0. The zero-order chi connectivity index (χ0) is 19.5. The summed E-state index contributed by atoms with van der Waals surface area (Å²) >= 11 is 2.37. The summed E-state index contributed by atoms with van der Waals surface area (Å²) in [5.74, 6) is -0.948. The SMILES string of the molecule is Cc1ccc(-c2ccsc2C(=O)OCC(=O)Nc2cccc3nsnc23)cc1. The van der Waals surface area contributed by atoms with Gasteiger partial charge in [0.25, 0.3) is 5.91 Å². The van der Waals surface area contributed by atoms with Crippen molar-refractivity contribution in [2.24, 2.45) is 0 Å². The Morgan fingerprint density at radius 1 is 1.07 bits per heavy atom. The molecule has 2 heterocycles. The van der Waals surface area contributed by atoms with E-state index in [0.29, 0.717) is 21.6 Å². The van der Waals surface area contributed by atoms with Crippen LogP contribution in [0.4, 0.5) is 5.69 Å². The molecule has 28 heavy (non-hydrogen) atoms. The van der Waals surface area contributed by atoms with Crippen LogP contribution in [0.5, 0.6) is 0 Å². The lowest BCUT2D eigenvalue weighted by Gasteiger charge is -2.08. The van der Waals surface area contributed by atoms with Crippen LogP contribution in [0.1, 0.15) is 15.2 Å². The molecule has 0 aliphatic carbocycles. The maximum atomic E-state index is 12.5. The molecule has 2 aromatic heterocycles. The maximum Gasteiger partial charge on any atom is 0.349 e. The van der Waals surface area contributed by atoms with Crippen molar-refractivity contribution in [1.82, 2.24) is 8.75 Å². The van der Waals surface area contributed by atoms with Gasteiger partial charge in [-0.2, -0.15) is 8.75 Å². The number of nitrogens with zero attached hydrogens (tertiary/aromatic N) is 2. The number of carbonyl (C=O) groups excluding carboxylic acids is 2. The third-order valence-electron chi connectivity index (χ3n) is 4.11. The highest BCUT2D eigenvalue weighted by atomic mass is 32.1. The number of esters is 1. The van der Waals surface area contributed by atoms with Gasteiger partial charge in [-0.05, 0) is 36.1 Å². The Hall–Kier alpha value is -3.10. The van der Waals surface area contributed by atoms with E-state index < -0.39 is 11.9 Å². The van der Waals surface area contributed by atoms with Gasteiger partial charge >= 0.3 is 5.97 Å². The number of fused-ring (bicyclic) bond motifs is 1. The highest BCUT2D eigenvalue weighted by Gasteiger charge is 2.18. The van der Waals surface area contributed by atoms with E-state index in [1.165, 1.54) is 11.3 Å². The molecule has 0 radical (unpaired) electrons. The van der Waals surface area contributed by atoms with Crippen LogP contribution in [0.2, 0.25) is 0 Å². The molecule has 0 saturated carbocycles. The molecule has 8 heteroatoms. The van der Waals surface area contributed by atoms with E-state index >= 15 is 0 Å². The van der Waals surface area contributed by atoms with Crippen LogP contribution in [0.3, 0.4) is 0 Å². The van der Waals surface area contributed by atoms with Crippen molar-refractivity contribution in [1.29, 1.82) is 0 Å². The third kappa shape index (κ3) is 3.78. The van der Waals surface area contributed by atoms with Gasteiger partial charge in [-0.15, -0.1) is 11.3 Å². The first-order valence-corrected chi connectivity index (χ1v) is 10.1. The third-order valence-corrected chi connectivity index (χ3v) is 5.54. The maximum absolute atomic E-state index is 12.5. The van der Waals surface area contributed by atoms with Gasteiger partial charge in [0.15, 0.2) is 6.61 Å². The average molecular weight is 409 g/mol. The largest absolute Gasteiger partial charge is 0.451 e. The van der Waals surface area contributed by atoms with E-state index in [9.17, 15) is 9.59 Å². The smallest absolute Gasteiger partial charge is 0.349 e. The number of ether oxygens (including phenoxy) is 1. The second kappa shape index (κ2) is 7.87. The molecular formula is C20H15N3O3S2. The molecule has 140 valence electrons. The van der Waals surface area contributed by atoms with Gasteiger partial charge in [0.2, 0.25) is 0 Å². The Balaban J connectivity index is 1.42. The Labute approximate surface area is 169 Å². The summed E-state index contributed by atoms with van der Waals surface area (Å²) in [5, 5.41) is 4.55. The molecule has 0 spiro atoms. The van der Waals surface area contributed by atoms with Gasteiger partial charge in [0, 0.05) is 5.56 Å².